The molecule has 0 aliphatic rings. The number of hydrogen-bond acceptors (Lipinski definition) is 3. The minimum Gasteiger partial charge on any atom is -0.397 e. The Labute approximate surface area is 107 Å². The number of aryl methyl sites for hydroxylation is 2. The number of rotatable bonds is 2. The number of aromatic nitrogens is 1. The van der Waals surface area contributed by atoms with Crippen molar-refractivity contribution in [3.05, 3.63) is 53.7 Å². The van der Waals surface area contributed by atoms with Crippen LogP contribution in [-0.2, 0) is 0 Å². The van der Waals surface area contributed by atoms with Gasteiger partial charge in [-0.2, -0.15) is 0 Å². The molecule has 0 amide bonds. The van der Waals surface area contributed by atoms with Gasteiger partial charge in [-0.1, -0.05) is 30.3 Å². The van der Waals surface area contributed by atoms with Crippen molar-refractivity contribution in [2.24, 2.45) is 5.73 Å². The zero-order valence-electron chi connectivity index (χ0n) is 10.7. The molecule has 0 saturated heterocycles. The van der Waals surface area contributed by atoms with Gasteiger partial charge in [-0.3, -0.25) is 0 Å². The Balaban J connectivity index is 2.58. The molecule has 92 valence electrons. The SMILES string of the molecule is C=C(N)c1nc(-c2ccc(C)cc2C)ccc1N. The van der Waals surface area contributed by atoms with Crippen molar-refractivity contribution in [1.29, 1.82) is 0 Å². The van der Waals surface area contributed by atoms with Crippen LogP contribution in [0.4, 0.5) is 5.69 Å². The minimum atomic E-state index is 0.388. The molecule has 1 aromatic carbocycles. The molecule has 0 aliphatic heterocycles. The van der Waals surface area contributed by atoms with Crippen LogP contribution in [0.25, 0.3) is 17.0 Å². The highest BCUT2D eigenvalue weighted by Gasteiger charge is 2.08. The molecule has 0 fully saturated rings. The molecule has 2 aromatic rings. The van der Waals surface area contributed by atoms with Crippen molar-refractivity contribution in [1.82, 2.24) is 4.98 Å². The summed E-state index contributed by atoms with van der Waals surface area (Å²) in [6.45, 7) is 7.83. The third kappa shape index (κ3) is 2.20. The van der Waals surface area contributed by atoms with Gasteiger partial charge >= 0.3 is 0 Å². The van der Waals surface area contributed by atoms with E-state index in [0.717, 1.165) is 11.3 Å². The molecule has 0 unspecified atom stereocenters. The van der Waals surface area contributed by atoms with E-state index in [4.69, 9.17) is 11.5 Å². The summed E-state index contributed by atoms with van der Waals surface area (Å²) in [6.07, 6.45) is 0. The molecule has 1 heterocycles. The molecule has 0 spiro atoms. The molecule has 0 atom stereocenters. The average molecular weight is 239 g/mol. The van der Waals surface area contributed by atoms with Gasteiger partial charge in [0.25, 0.3) is 0 Å². The smallest absolute Gasteiger partial charge is 0.109 e. The van der Waals surface area contributed by atoms with Crippen molar-refractivity contribution in [2.45, 2.75) is 13.8 Å². The standard InChI is InChI=1S/C15H17N3/c1-9-4-5-12(10(2)8-9)14-7-6-13(17)15(18-14)11(3)16/h4-8H,3,16-17H2,1-2H3. The first kappa shape index (κ1) is 12.2. The van der Waals surface area contributed by atoms with Gasteiger partial charge in [-0.05, 0) is 31.5 Å². The highest BCUT2D eigenvalue weighted by Crippen LogP contribution is 2.25. The van der Waals surface area contributed by atoms with E-state index in [9.17, 15) is 0 Å². The van der Waals surface area contributed by atoms with E-state index < -0.39 is 0 Å². The fraction of sp³-hybridized carbons (Fsp3) is 0.133. The summed E-state index contributed by atoms with van der Waals surface area (Å²) in [7, 11) is 0. The number of pyridine rings is 1. The molecule has 3 heteroatoms. The molecular weight excluding hydrogens is 222 g/mol. The van der Waals surface area contributed by atoms with Crippen molar-refractivity contribution in [3.8, 4) is 11.3 Å². The lowest BCUT2D eigenvalue weighted by atomic mass is 10.0. The summed E-state index contributed by atoms with van der Waals surface area (Å²) >= 11 is 0. The Morgan fingerprint density at radius 2 is 1.89 bits per heavy atom. The first-order valence-electron chi connectivity index (χ1n) is 5.78. The quantitative estimate of drug-likeness (QED) is 0.847. The lowest BCUT2D eigenvalue weighted by Crippen LogP contribution is -2.03. The van der Waals surface area contributed by atoms with E-state index in [1.807, 2.05) is 12.1 Å². The molecule has 18 heavy (non-hydrogen) atoms. The molecule has 0 radical (unpaired) electrons. The molecule has 2 rings (SSSR count). The van der Waals surface area contributed by atoms with E-state index in [0.29, 0.717) is 17.1 Å². The van der Waals surface area contributed by atoms with Crippen molar-refractivity contribution >= 4 is 11.4 Å². The van der Waals surface area contributed by atoms with Gasteiger partial charge in [-0.25, -0.2) is 4.98 Å². The van der Waals surface area contributed by atoms with Crippen LogP contribution in [0.1, 0.15) is 16.8 Å². The monoisotopic (exact) mass is 239 g/mol. The molecule has 0 aliphatic carbocycles. The molecule has 4 N–H and O–H groups in total. The highest BCUT2D eigenvalue weighted by atomic mass is 14.8. The Kier molecular flexibility index (Phi) is 3.06. The van der Waals surface area contributed by atoms with E-state index >= 15 is 0 Å². The second-order valence-corrected chi connectivity index (χ2v) is 4.48. The lowest BCUT2D eigenvalue weighted by molar-refractivity contribution is 1.25. The molecule has 1 aromatic heterocycles. The lowest BCUT2D eigenvalue weighted by Gasteiger charge is -2.10. The Bertz CT molecular complexity index is 615. The maximum atomic E-state index is 5.83. The van der Waals surface area contributed by atoms with Crippen LogP contribution in [0.15, 0.2) is 36.9 Å². The van der Waals surface area contributed by atoms with Gasteiger partial charge in [0, 0.05) is 5.56 Å². The van der Waals surface area contributed by atoms with Crippen molar-refractivity contribution in [2.75, 3.05) is 5.73 Å². The third-order valence-electron chi connectivity index (χ3n) is 2.89. The summed E-state index contributed by atoms with van der Waals surface area (Å²) < 4.78 is 0. The highest BCUT2D eigenvalue weighted by molar-refractivity contribution is 5.73. The molecular formula is C15H17N3. The topological polar surface area (TPSA) is 64.9 Å². The Hall–Kier alpha value is -2.29. The van der Waals surface area contributed by atoms with Crippen LogP contribution in [0.3, 0.4) is 0 Å². The van der Waals surface area contributed by atoms with Crippen LogP contribution >= 0.6 is 0 Å². The van der Waals surface area contributed by atoms with Crippen LogP contribution in [0, 0.1) is 13.8 Å². The Morgan fingerprint density at radius 1 is 1.17 bits per heavy atom. The number of benzene rings is 1. The van der Waals surface area contributed by atoms with Crippen LogP contribution in [0.2, 0.25) is 0 Å². The van der Waals surface area contributed by atoms with Crippen molar-refractivity contribution < 1.29 is 0 Å². The van der Waals surface area contributed by atoms with Crippen LogP contribution in [0.5, 0.6) is 0 Å². The zero-order valence-corrected chi connectivity index (χ0v) is 10.7. The van der Waals surface area contributed by atoms with Gasteiger partial charge in [-0.15, -0.1) is 0 Å². The molecule has 3 nitrogen and oxygen atoms in total. The summed E-state index contributed by atoms with van der Waals surface area (Å²) in [5.74, 6) is 0. The molecule has 0 saturated carbocycles. The third-order valence-corrected chi connectivity index (χ3v) is 2.89. The maximum Gasteiger partial charge on any atom is 0.109 e. The van der Waals surface area contributed by atoms with Crippen molar-refractivity contribution in [3.63, 3.8) is 0 Å². The zero-order chi connectivity index (χ0) is 13.3. The first-order valence-corrected chi connectivity index (χ1v) is 5.78. The van der Waals surface area contributed by atoms with Crippen LogP contribution < -0.4 is 11.5 Å². The van der Waals surface area contributed by atoms with Gasteiger partial charge in [0.05, 0.1) is 17.1 Å². The fourth-order valence-electron chi connectivity index (χ4n) is 1.98. The van der Waals surface area contributed by atoms with Gasteiger partial charge in [0.15, 0.2) is 0 Å². The second kappa shape index (κ2) is 4.53. The minimum absolute atomic E-state index is 0.388. The summed E-state index contributed by atoms with van der Waals surface area (Å²) in [5, 5.41) is 0. The van der Waals surface area contributed by atoms with E-state index in [1.54, 1.807) is 0 Å². The largest absolute Gasteiger partial charge is 0.397 e. The first-order chi connectivity index (χ1) is 8.49. The van der Waals surface area contributed by atoms with E-state index in [2.05, 4.69) is 43.6 Å². The number of anilines is 1. The van der Waals surface area contributed by atoms with Gasteiger partial charge in [0.1, 0.15) is 5.69 Å². The summed E-state index contributed by atoms with van der Waals surface area (Å²) in [5.41, 5.74) is 17.4. The Morgan fingerprint density at radius 3 is 2.50 bits per heavy atom. The molecule has 0 bridgehead atoms. The second-order valence-electron chi connectivity index (χ2n) is 4.48. The van der Waals surface area contributed by atoms with Gasteiger partial charge < -0.3 is 11.5 Å². The number of hydrogen-bond donors (Lipinski definition) is 2. The predicted octanol–water partition coefficient (Wildman–Crippen LogP) is 2.88. The summed E-state index contributed by atoms with van der Waals surface area (Å²) in [4.78, 5) is 4.48. The normalized spacial score (nSPS) is 10.3. The number of nitrogen functional groups attached to an aromatic ring is 1. The number of nitrogens with zero attached hydrogens (tertiary/aromatic N) is 1. The number of nitrogens with two attached hydrogens (primary N) is 2. The van der Waals surface area contributed by atoms with Crippen LogP contribution in [-0.4, -0.2) is 4.98 Å². The summed E-state index contributed by atoms with van der Waals surface area (Å²) in [6, 6.07) is 9.97. The maximum absolute atomic E-state index is 5.83. The van der Waals surface area contributed by atoms with E-state index in [-0.39, 0.29) is 0 Å². The van der Waals surface area contributed by atoms with Gasteiger partial charge in [0.2, 0.25) is 0 Å². The fourth-order valence-corrected chi connectivity index (χ4v) is 1.98. The van der Waals surface area contributed by atoms with E-state index in [1.165, 1.54) is 11.1 Å². The predicted molar refractivity (Wildman–Crippen MR) is 76.8 cm³/mol. The average Bonchev–Trinajstić information content (AvgIpc) is 2.30.